The maximum Gasteiger partial charge on any atom is 0.311 e. The van der Waals surface area contributed by atoms with Crippen molar-refractivity contribution in [3.63, 3.8) is 0 Å². The number of methoxy groups -OCH3 is 1. The smallest absolute Gasteiger partial charge is 0.311 e. The minimum atomic E-state index is 0.00382. The lowest BCUT2D eigenvalue weighted by molar-refractivity contribution is -0.153. The average Bonchev–Trinajstić information content (AvgIpc) is 3.29. The Balaban J connectivity index is 1.35. The zero-order valence-electron chi connectivity index (χ0n) is 15.7. The van der Waals surface area contributed by atoms with Gasteiger partial charge in [-0.1, -0.05) is 30.3 Å². The van der Waals surface area contributed by atoms with E-state index < -0.39 is 0 Å². The number of rotatable bonds is 6. The van der Waals surface area contributed by atoms with Crippen LogP contribution in [0.3, 0.4) is 0 Å². The highest BCUT2D eigenvalue weighted by Gasteiger charge is 2.52. The summed E-state index contributed by atoms with van der Waals surface area (Å²) in [4.78, 5) is 12.9. The molecular weight excluding hydrogens is 326 g/mol. The van der Waals surface area contributed by atoms with Gasteiger partial charge in [0.15, 0.2) is 0 Å². The van der Waals surface area contributed by atoms with Gasteiger partial charge in [-0.05, 0) is 62.3 Å². The van der Waals surface area contributed by atoms with Crippen LogP contribution in [0.2, 0.25) is 0 Å². The van der Waals surface area contributed by atoms with Crippen molar-refractivity contribution >= 4 is 5.97 Å². The number of carbonyl (C=O) groups excluding carboxylic acids is 1. The van der Waals surface area contributed by atoms with Crippen LogP contribution in [-0.2, 0) is 20.9 Å². The number of hydrogen-bond acceptors (Lipinski definition) is 4. The lowest BCUT2D eigenvalue weighted by atomic mass is 9.82. The van der Waals surface area contributed by atoms with Gasteiger partial charge in [-0.2, -0.15) is 0 Å². The molecule has 2 bridgehead atoms. The fraction of sp³-hybridized carbons (Fsp3) is 0.682. The van der Waals surface area contributed by atoms with Gasteiger partial charge in [0.1, 0.15) is 6.61 Å². The summed E-state index contributed by atoms with van der Waals surface area (Å²) in [6, 6.07) is 10.8. The summed E-state index contributed by atoms with van der Waals surface area (Å²) in [6.45, 7) is 0.388. The van der Waals surface area contributed by atoms with E-state index in [4.69, 9.17) is 9.47 Å². The summed E-state index contributed by atoms with van der Waals surface area (Å²) in [5.41, 5.74) is 1.06. The number of benzene rings is 1. The van der Waals surface area contributed by atoms with E-state index in [0.717, 1.165) is 31.2 Å². The zero-order valence-corrected chi connectivity index (χ0v) is 15.7. The van der Waals surface area contributed by atoms with Crippen molar-refractivity contribution < 1.29 is 14.3 Å². The Hall–Kier alpha value is -1.39. The highest BCUT2D eigenvalue weighted by Crippen LogP contribution is 2.49. The molecule has 3 fully saturated rings. The Morgan fingerprint density at radius 1 is 1.04 bits per heavy atom. The highest BCUT2D eigenvalue weighted by molar-refractivity contribution is 5.74. The van der Waals surface area contributed by atoms with E-state index in [-0.39, 0.29) is 11.9 Å². The molecule has 4 rings (SSSR count). The van der Waals surface area contributed by atoms with E-state index in [9.17, 15) is 4.79 Å². The Bertz CT molecular complexity index is 597. The first-order valence-corrected chi connectivity index (χ1v) is 10.2. The Kier molecular flexibility index (Phi) is 5.60. The summed E-state index contributed by atoms with van der Waals surface area (Å²) in [5.74, 6) is 1.20. The van der Waals surface area contributed by atoms with Gasteiger partial charge in [0, 0.05) is 19.2 Å². The third kappa shape index (κ3) is 3.81. The lowest BCUT2D eigenvalue weighted by Crippen LogP contribution is -2.50. The van der Waals surface area contributed by atoms with Crippen molar-refractivity contribution in [3.05, 3.63) is 35.9 Å². The zero-order chi connectivity index (χ0) is 17.9. The van der Waals surface area contributed by atoms with Crippen LogP contribution < -0.4 is 5.32 Å². The topological polar surface area (TPSA) is 47.6 Å². The van der Waals surface area contributed by atoms with Crippen LogP contribution in [0.1, 0.15) is 50.5 Å². The third-order valence-corrected chi connectivity index (χ3v) is 6.85. The van der Waals surface area contributed by atoms with Crippen molar-refractivity contribution in [1.29, 1.82) is 0 Å². The molecule has 1 aromatic rings. The summed E-state index contributed by atoms with van der Waals surface area (Å²) in [5, 5.41) is 3.87. The van der Waals surface area contributed by atoms with Crippen molar-refractivity contribution in [2.75, 3.05) is 7.11 Å². The van der Waals surface area contributed by atoms with Crippen molar-refractivity contribution in [3.8, 4) is 0 Å². The molecule has 1 N–H and O–H groups in total. The van der Waals surface area contributed by atoms with Crippen LogP contribution in [-0.4, -0.2) is 31.3 Å². The van der Waals surface area contributed by atoms with Crippen molar-refractivity contribution in [1.82, 2.24) is 5.32 Å². The Morgan fingerprint density at radius 2 is 1.77 bits per heavy atom. The van der Waals surface area contributed by atoms with Crippen LogP contribution in [0.5, 0.6) is 0 Å². The maximum atomic E-state index is 12.9. The molecule has 142 valence electrons. The lowest BCUT2D eigenvalue weighted by Gasteiger charge is -2.36. The molecule has 4 heteroatoms. The Morgan fingerprint density at radius 3 is 2.50 bits per heavy atom. The largest absolute Gasteiger partial charge is 0.461 e. The highest BCUT2D eigenvalue weighted by atomic mass is 16.5. The van der Waals surface area contributed by atoms with Gasteiger partial charge in [-0.25, -0.2) is 0 Å². The predicted octanol–water partition coefficient (Wildman–Crippen LogP) is 3.69. The number of nitrogens with one attached hydrogen (secondary N) is 1. The fourth-order valence-corrected chi connectivity index (χ4v) is 5.43. The molecule has 0 radical (unpaired) electrons. The molecule has 0 heterocycles. The number of hydrogen-bond donors (Lipinski definition) is 1. The van der Waals surface area contributed by atoms with Crippen LogP contribution in [0, 0.1) is 17.8 Å². The molecule has 3 saturated carbocycles. The second-order valence-corrected chi connectivity index (χ2v) is 8.35. The third-order valence-electron chi connectivity index (χ3n) is 6.85. The van der Waals surface area contributed by atoms with E-state index >= 15 is 0 Å². The van der Waals surface area contributed by atoms with E-state index in [1.165, 1.54) is 19.3 Å². The molecular formula is C22H31NO3. The second-order valence-electron chi connectivity index (χ2n) is 8.35. The first kappa shape index (κ1) is 18.0. The van der Waals surface area contributed by atoms with Gasteiger partial charge >= 0.3 is 5.97 Å². The Labute approximate surface area is 156 Å². The van der Waals surface area contributed by atoms with Crippen LogP contribution in [0.25, 0.3) is 0 Å². The van der Waals surface area contributed by atoms with Crippen LogP contribution >= 0.6 is 0 Å². The van der Waals surface area contributed by atoms with Gasteiger partial charge in [-0.3, -0.25) is 4.79 Å². The summed E-state index contributed by atoms with van der Waals surface area (Å²) < 4.78 is 11.2. The summed E-state index contributed by atoms with van der Waals surface area (Å²) in [6.07, 6.45) is 8.60. The van der Waals surface area contributed by atoms with Gasteiger partial charge < -0.3 is 14.8 Å². The number of carbonyl (C=O) groups is 1. The van der Waals surface area contributed by atoms with Crippen molar-refractivity contribution in [2.24, 2.45) is 17.8 Å². The monoisotopic (exact) mass is 357 g/mol. The molecule has 1 aromatic carbocycles. The van der Waals surface area contributed by atoms with E-state index in [1.54, 1.807) is 0 Å². The van der Waals surface area contributed by atoms with Gasteiger partial charge in [0.2, 0.25) is 0 Å². The summed E-state index contributed by atoms with van der Waals surface area (Å²) in [7, 11) is 1.81. The number of fused-ring (bicyclic) bond motifs is 2. The molecule has 0 amide bonds. The molecule has 0 spiro atoms. The van der Waals surface area contributed by atoms with Crippen molar-refractivity contribution in [2.45, 2.75) is 69.7 Å². The average molecular weight is 357 g/mol. The van der Waals surface area contributed by atoms with Gasteiger partial charge in [0.05, 0.1) is 12.0 Å². The predicted molar refractivity (Wildman–Crippen MR) is 101 cm³/mol. The van der Waals surface area contributed by atoms with E-state index in [1.807, 2.05) is 37.4 Å². The molecule has 26 heavy (non-hydrogen) atoms. The molecule has 4 atom stereocenters. The molecule has 3 aliphatic carbocycles. The molecule has 3 aliphatic rings. The van der Waals surface area contributed by atoms with E-state index in [0.29, 0.717) is 36.6 Å². The van der Waals surface area contributed by atoms with E-state index in [2.05, 4.69) is 5.32 Å². The van der Waals surface area contributed by atoms with Crippen LogP contribution in [0.15, 0.2) is 30.3 Å². The first-order valence-electron chi connectivity index (χ1n) is 10.2. The normalized spacial score (nSPS) is 36.2. The minimum absolute atomic E-state index is 0.00382. The SMILES string of the molecule is COC1CCC(N[C@H]2[C@H]3CC[C@@H](C3)[C@@H]2C(=O)OCc2ccccc2)CC1. The maximum absolute atomic E-state index is 12.9. The number of esters is 1. The molecule has 0 unspecified atom stereocenters. The van der Waals surface area contributed by atoms with Gasteiger partial charge in [-0.15, -0.1) is 0 Å². The molecule has 0 aliphatic heterocycles. The quantitative estimate of drug-likeness (QED) is 0.789. The first-order chi connectivity index (χ1) is 12.7. The fourth-order valence-electron chi connectivity index (χ4n) is 5.43. The minimum Gasteiger partial charge on any atom is -0.461 e. The summed E-state index contributed by atoms with van der Waals surface area (Å²) >= 11 is 0. The molecule has 4 nitrogen and oxygen atoms in total. The number of ether oxygens (including phenoxy) is 2. The second kappa shape index (κ2) is 8.10. The molecule has 0 aromatic heterocycles. The standard InChI is InChI=1S/C22H31NO3/c1-25-19-11-9-18(10-12-19)23-21-17-8-7-16(13-17)20(21)22(24)26-14-15-5-3-2-4-6-15/h2-6,16-21,23H,7-14H2,1H3/t16-,17-,18?,19?,20-,21-/m0/s1. The van der Waals surface area contributed by atoms with Crippen LogP contribution in [0.4, 0.5) is 0 Å². The molecule has 0 saturated heterocycles. The van der Waals surface area contributed by atoms with Gasteiger partial charge in [0.25, 0.3) is 0 Å².